The fraction of sp³-hybridized carbons (Fsp3) is 0.667. The Morgan fingerprint density at radius 1 is 1.30 bits per heavy atom. The number of aromatic nitrogens is 2. The molecule has 1 saturated carbocycles. The lowest BCUT2D eigenvalue weighted by Crippen LogP contribution is -2.47. The highest BCUT2D eigenvalue weighted by Gasteiger charge is 2.44. The van der Waals surface area contributed by atoms with E-state index in [9.17, 15) is 4.79 Å². The minimum Gasteiger partial charge on any atom is -0.381 e. The summed E-state index contributed by atoms with van der Waals surface area (Å²) >= 11 is 0. The molecule has 1 aliphatic carbocycles. The third kappa shape index (κ3) is 2.82. The fourth-order valence-corrected chi connectivity index (χ4v) is 3.59. The van der Waals surface area contributed by atoms with Crippen LogP contribution in [0.3, 0.4) is 0 Å². The predicted molar refractivity (Wildman–Crippen MR) is 74.0 cm³/mol. The first-order chi connectivity index (χ1) is 9.78. The van der Waals surface area contributed by atoms with E-state index in [1.807, 2.05) is 0 Å². The smallest absolute Gasteiger partial charge is 0.224 e. The van der Waals surface area contributed by atoms with Gasteiger partial charge in [0.25, 0.3) is 0 Å². The van der Waals surface area contributed by atoms with Gasteiger partial charge in [-0.05, 0) is 36.7 Å². The average Bonchev–Trinajstić information content (AvgIpc) is 2.83. The van der Waals surface area contributed by atoms with E-state index in [0.717, 1.165) is 38.0 Å². The highest BCUT2D eigenvalue weighted by atomic mass is 16.5. The second kappa shape index (κ2) is 5.87. The fourth-order valence-electron chi connectivity index (χ4n) is 3.59. The van der Waals surface area contributed by atoms with Crippen LogP contribution in [0.1, 0.15) is 37.7 Å². The van der Waals surface area contributed by atoms with Crippen LogP contribution in [-0.2, 0) is 16.0 Å². The summed E-state index contributed by atoms with van der Waals surface area (Å²) in [6.07, 6.45) is 10.9. The van der Waals surface area contributed by atoms with Crippen LogP contribution in [0.2, 0.25) is 0 Å². The van der Waals surface area contributed by atoms with Crippen molar-refractivity contribution in [1.29, 1.82) is 0 Å². The Bertz CT molecular complexity index is 457. The van der Waals surface area contributed by atoms with Crippen LogP contribution >= 0.6 is 0 Å². The lowest BCUT2D eigenvalue weighted by molar-refractivity contribution is -0.122. The standard InChI is InChI=1S/C15H21N3O2/c19-14(8-12-9-16-11-17-10-12)18-13-2-1-3-15(13)4-6-20-7-5-15/h9-11,13H,1-8H2,(H,18,19)/t13-/m0/s1. The van der Waals surface area contributed by atoms with Gasteiger partial charge in [-0.15, -0.1) is 0 Å². The Labute approximate surface area is 119 Å². The number of hydrogen-bond acceptors (Lipinski definition) is 4. The summed E-state index contributed by atoms with van der Waals surface area (Å²) in [7, 11) is 0. The molecule has 0 radical (unpaired) electrons. The van der Waals surface area contributed by atoms with Crippen molar-refractivity contribution >= 4 is 5.91 Å². The van der Waals surface area contributed by atoms with Crippen LogP contribution in [-0.4, -0.2) is 35.1 Å². The Hall–Kier alpha value is -1.49. The van der Waals surface area contributed by atoms with Crippen LogP contribution in [0.25, 0.3) is 0 Å². The first-order valence-corrected chi connectivity index (χ1v) is 7.39. The topological polar surface area (TPSA) is 64.1 Å². The second-order valence-electron chi connectivity index (χ2n) is 5.91. The molecule has 20 heavy (non-hydrogen) atoms. The van der Waals surface area contributed by atoms with Gasteiger partial charge in [0.05, 0.1) is 6.42 Å². The third-order valence-corrected chi connectivity index (χ3v) is 4.71. The largest absolute Gasteiger partial charge is 0.381 e. The molecule has 1 spiro atoms. The van der Waals surface area contributed by atoms with Crippen molar-refractivity contribution in [3.05, 3.63) is 24.3 Å². The highest BCUT2D eigenvalue weighted by Crippen LogP contribution is 2.45. The number of hydrogen-bond donors (Lipinski definition) is 1. The molecule has 1 aromatic rings. The zero-order chi connectivity index (χ0) is 13.8. The van der Waals surface area contributed by atoms with Gasteiger partial charge in [-0.3, -0.25) is 4.79 Å². The van der Waals surface area contributed by atoms with Crippen LogP contribution in [0, 0.1) is 5.41 Å². The minimum absolute atomic E-state index is 0.0811. The first-order valence-electron chi connectivity index (χ1n) is 7.39. The number of rotatable bonds is 3. The molecule has 1 aliphatic heterocycles. The number of nitrogens with one attached hydrogen (secondary N) is 1. The molecule has 2 heterocycles. The van der Waals surface area contributed by atoms with E-state index in [4.69, 9.17) is 4.74 Å². The highest BCUT2D eigenvalue weighted by molar-refractivity contribution is 5.78. The summed E-state index contributed by atoms with van der Waals surface area (Å²) < 4.78 is 5.48. The van der Waals surface area contributed by atoms with Crippen molar-refractivity contribution in [3.63, 3.8) is 0 Å². The molecule has 1 atom stereocenters. The van der Waals surface area contributed by atoms with E-state index in [1.165, 1.54) is 19.2 Å². The van der Waals surface area contributed by atoms with Gasteiger partial charge >= 0.3 is 0 Å². The summed E-state index contributed by atoms with van der Waals surface area (Å²) in [5, 5.41) is 3.24. The molecule has 0 bridgehead atoms. The van der Waals surface area contributed by atoms with Gasteiger partial charge in [0.1, 0.15) is 6.33 Å². The summed E-state index contributed by atoms with van der Waals surface area (Å²) in [6.45, 7) is 1.66. The van der Waals surface area contributed by atoms with E-state index in [1.54, 1.807) is 12.4 Å². The molecule has 2 fully saturated rings. The van der Waals surface area contributed by atoms with Crippen molar-refractivity contribution in [2.45, 2.75) is 44.6 Å². The normalized spacial score (nSPS) is 24.7. The molecule has 5 heteroatoms. The molecular weight excluding hydrogens is 254 g/mol. The van der Waals surface area contributed by atoms with E-state index in [0.29, 0.717) is 12.5 Å². The molecule has 0 aromatic carbocycles. The second-order valence-corrected chi connectivity index (χ2v) is 5.91. The zero-order valence-corrected chi connectivity index (χ0v) is 11.7. The van der Waals surface area contributed by atoms with Crippen molar-refractivity contribution < 1.29 is 9.53 Å². The molecule has 0 unspecified atom stereocenters. The van der Waals surface area contributed by atoms with Gasteiger partial charge in [0, 0.05) is 31.6 Å². The van der Waals surface area contributed by atoms with E-state index < -0.39 is 0 Å². The monoisotopic (exact) mass is 275 g/mol. The van der Waals surface area contributed by atoms with Gasteiger partial charge < -0.3 is 10.1 Å². The maximum atomic E-state index is 12.2. The molecule has 1 saturated heterocycles. The molecule has 1 aromatic heterocycles. The van der Waals surface area contributed by atoms with Crippen molar-refractivity contribution in [3.8, 4) is 0 Å². The van der Waals surface area contributed by atoms with Crippen LogP contribution in [0.5, 0.6) is 0 Å². The van der Waals surface area contributed by atoms with E-state index in [2.05, 4.69) is 15.3 Å². The van der Waals surface area contributed by atoms with Gasteiger partial charge in [0.15, 0.2) is 0 Å². The van der Waals surface area contributed by atoms with Gasteiger partial charge in [-0.1, -0.05) is 6.42 Å². The Morgan fingerprint density at radius 3 is 2.80 bits per heavy atom. The third-order valence-electron chi connectivity index (χ3n) is 4.71. The molecule has 1 N–H and O–H groups in total. The molecule has 2 aliphatic rings. The van der Waals surface area contributed by atoms with Crippen LogP contribution in [0.15, 0.2) is 18.7 Å². The maximum Gasteiger partial charge on any atom is 0.224 e. The van der Waals surface area contributed by atoms with Crippen molar-refractivity contribution in [2.75, 3.05) is 13.2 Å². The number of ether oxygens (including phenoxy) is 1. The lowest BCUT2D eigenvalue weighted by Gasteiger charge is -2.39. The molecule has 1 amide bonds. The van der Waals surface area contributed by atoms with Gasteiger partial charge in [-0.2, -0.15) is 0 Å². The zero-order valence-electron chi connectivity index (χ0n) is 11.7. The van der Waals surface area contributed by atoms with E-state index in [-0.39, 0.29) is 11.3 Å². The summed E-state index contributed by atoms with van der Waals surface area (Å²) in [4.78, 5) is 20.1. The number of nitrogens with zero attached hydrogens (tertiary/aromatic N) is 2. The average molecular weight is 275 g/mol. The van der Waals surface area contributed by atoms with Crippen molar-refractivity contribution in [2.24, 2.45) is 5.41 Å². The predicted octanol–water partition coefficient (Wildman–Crippen LogP) is 1.48. The summed E-state index contributed by atoms with van der Waals surface area (Å²) in [6, 6.07) is 0.309. The van der Waals surface area contributed by atoms with Gasteiger partial charge in [-0.25, -0.2) is 9.97 Å². The SMILES string of the molecule is O=C(Cc1cncnc1)N[C@H]1CCCC12CCOCC2. The number of carbonyl (C=O) groups is 1. The number of carbonyl (C=O) groups excluding carboxylic acids is 1. The van der Waals surface area contributed by atoms with Gasteiger partial charge in [0.2, 0.25) is 5.91 Å². The lowest BCUT2D eigenvalue weighted by atomic mass is 9.75. The quantitative estimate of drug-likeness (QED) is 0.907. The Kier molecular flexibility index (Phi) is 3.96. The molecule has 3 rings (SSSR count). The number of amides is 1. The Morgan fingerprint density at radius 2 is 2.05 bits per heavy atom. The molecular formula is C15H21N3O2. The molecule has 108 valence electrons. The first kappa shape index (κ1) is 13.5. The minimum atomic E-state index is 0.0811. The maximum absolute atomic E-state index is 12.2. The Balaban J connectivity index is 1.60. The summed E-state index contributed by atoms with van der Waals surface area (Å²) in [5.74, 6) is 0.0811. The van der Waals surface area contributed by atoms with Crippen LogP contribution < -0.4 is 5.32 Å². The summed E-state index contributed by atoms with van der Waals surface area (Å²) in [5.41, 5.74) is 1.14. The van der Waals surface area contributed by atoms with Crippen LogP contribution in [0.4, 0.5) is 0 Å². The van der Waals surface area contributed by atoms with Crippen molar-refractivity contribution in [1.82, 2.24) is 15.3 Å². The van der Waals surface area contributed by atoms with E-state index >= 15 is 0 Å². The molecule has 5 nitrogen and oxygen atoms in total.